The van der Waals surface area contributed by atoms with Crippen LogP contribution in [0.1, 0.15) is 13.8 Å². The third-order valence-electron chi connectivity index (χ3n) is 2.74. The molecule has 0 bridgehead atoms. The molecule has 2 rings (SSSR count). The summed E-state index contributed by atoms with van der Waals surface area (Å²) in [6, 6.07) is 6.77. The molecule has 6 heteroatoms. The topological polar surface area (TPSA) is 76.8 Å². The molecule has 3 N–H and O–H groups in total. The Bertz CT molecular complexity index is 419. The van der Waals surface area contributed by atoms with Crippen LogP contribution in [0.5, 0.6) is 5.75 Å². The predicted octanol–water partition coefficient (Wildman–Crippen LogP) is 1.51. The van der Waals surface area contributed by atoms with Gasteiger partial charge in [-0.25, -0.2) is 15.6 Å². The smallest absolute Gasteiger partial charge is 0.336 e. The lowest BCUT2D eigenvalue weighted by atomic mass is 10.2. The highest BCUT2D eigenvalue weighted by Gasteiger charge is 2.21. The van der Waals surface area contributed by atoms with E-state index >= 15 is 0 Å². The van der Waals surface area contributed by atoms with E-state index in [4.69, 9.17) is 15.3 Å². The van der Waals surface area contributed by atoms with E-state index in [1.54, 1.807) is 18.2 Å². The zero-order valence-electron chi connectivity index (χ0n) is 10.3. The van der Waals surface area contributed by atoms with E-state index in [2.05, 4.69) is 5.32 Å². The fourth-order valence-electron chi connectivity index (χ4n) is 1.77. The van der Waals surface area contributed by atoms with Crippen molar-refractivity contribution in [2.24, 2.45) is 5.84 Å². The van der Waals surface area contributed by atoms with E-state index in [9.17, 15) is 4.79 Å². The molecule has 1 fully saturated rings. The van der Waals surface area contributed by atoms with Crippen LogP contribution in [-0.4, -0.2) is 32.4 Å². The minimum Gasteiger partial charge on any atom is -0.486 e. The van der Waals surface area contributed by atoms with E-state index < -0.39 is 6.03 Å². The normalized spacial score (nSPS) is 17.5. The number of nitrogens with one attached hydrogen (secondary N) is 1. The summed E-state index contributed by atoms with van der Waals surface area (Å²) in [7, 11) is 1.52. The van der Waals surface area contributed by atoms with Crippen molar-refractivity contribution < 1.29 is 14.3 Å². The molecule has 19 heavy (non-hydrogen) atoms. The van der Waals surface area contributed by atoms with Crippen molar-refractivity contribution in [1.82, 2.24) is 5.32 Å². The number of amides is 2. The Kier molecular flexibility index (Phi) is 5.59. The minimum atomic E-state index is -0.395. The zero-order valence-corrected chi connectivity index (χ0v) is 10.3. The molecule has 0 aliphatic carbocycles. The Labute approximate surface area is 113 Å². The number of hydrazine groups is 1. The van der Waals surface area contributed by atoms with E-state index in [0.29, 0.717) is 24.7 Å². The summed E-state index contributed by atoms with van der Waals surface area (Å²) in [5.41, 5.74) is 0.531. The number of nitrogens with two attached hydrogens (primary N) is 1. The molecule has 1 saturated heterocycles. The lowest BCUT2D eigenvalue weighted by Crippen LogP contribution is -2.43. The predicted molar refractivity (Wildman–Crippen MR) is 74.1 cm³/mol. The standard InChI is InChI=1S/C12H17N3O3.CH4/c1-14-12(16)15(13)10-4-2-3-5-11(10)18-9-6-7-17-8-9;/h2-5,9H,6-8,13H2,1H3,(H,14,16);1H4/t9-;/m0./s1. The quantitative estimate of drug-likeness (QED) is 0.494. The van der Waals surface area contributed by atoms with E-state index in [0.717, 1.165) is 11.4 Å². The Morgan fingerprint density at radius 1 is 1.53 bits per heavy atom. The van der Waals surface area contributed by atoms with Gasteiger partial charge in [-0.05, 0) is 12.1 Å². The lowest BCUT2D eigenvalue weighted by molar-refractivity contribution is 0.141. The van der Waals surface area contributed by atoms with Crippen molar-refractivity contribution in [2.75, 3.05) is 25.3 Å². The Morgan fingerprint density at radius 2 is 2.26 bits per heavy atom. The molecule has 0 unspecified atom stereocenters. The molecule has 0 saturated carbocycles. The maximum atomic E-state index is 11.5. The second kappa shape index (κ2) is 6.96. The first-order valence-electron chi connectivity index (χ1n) is 5.82. The van der Waals surface area contributed by atoms with E-state index in [-0.39, 0.29) is 13.5 Å². The molecule has 6 nitrogen and oxygen atoms in total. The maximum absolute atomic E-state index is 11.5. The molecular formula is C13H21N3O3. The first-order chi connectivity index (χ1) is 8.72. The molecule has 1 aromatic rings. The number of hydrogen-bond donors (Lipinski definition) is 2. The summed E-state index contributed by atoms with van der Waals surface area (Å²) in [5, 5.41) is 3.50. The average Bonchev–Trinajstić information content (AvgIpc) is 2.90. The number of hydrogen-bond acceptors (Lipinski definition) is 4. The molecule has 1 aliphatic rings. The molecular weight excluding hydrogens is 246 g/mol. The number of ether oxygens (including phenoxy) is 2. The summed E-state index contributed by atoms with van der Waals surface area (Å²) in [6.07, 6.45) is 0.864. The van der Waals surface area contributed by atoms with Crippen molar-refractivity contribution in [2.45, 2.75) is 20.0 Å². The monoisotopic (exact) mass is 267 g/mol. The molecule has 0 spiro atoms. The number of para-hydroxylation sites is 2. The number of carbonyl (C=O) groups excluding carboxylic acids is 1. The highest BCUT2D eigenvalue weighted by Crippen LogP contribution is 2.28. The van der Waals surface area contributed by atoms with Gasteiger partial charge in [0.2, 0.25) is 0 Å². The molecule has 2 amide bonds. The highest BCUT2D eigenvalue weighted by atomic mass is 16.5. The maximum Gasteiger partial charge on any atom is 0.336 e. The number of rotatable bonds is 3. The van der Waals surface area contributed by atoms with Crippen LogP contribution in [-0.2, 0) is 4.74 Å². The Balaban J connectivity index is 0.00000180. The number of urea groups is 1. The molecule has 0 aromatic heterocycles. The van der Waals surface area contributed by atoms with Gasteiger partial charge >= 0.3 is 6.03 Å². The summed E-state index contributed by atoms with van der Waals surface area (Å²) in [4.78, 5) is 11.5. The summed E-state index contributed by atoms with van der Waals surface area (Å²) < 4.78 is 11.0. The summed E-state index contributed by atoms with van der Waals surface area (Å²) in [6.45, 7) is 1.27. The highest BCUT2D eigenvalue weighted by molar-refractivity contribution is 5.92. The molecule has 1 atom stereocenters. The van der Waals surface area contributed by atoms with Crippen LogP contribution in [0.3, 0.4) is 0 Å². The Morgan fingerprint density at radius 3 is 2.89 bits per heavy atom. The average molecular weight is 267 g/mol. The van der Waals surface area contributed by atoms with Crippen LogP contribution in [0, 0.1) is 0 Å². The molecule has 0 radical (unpaired) electrons. The van der Waals surface area contributed by atoms with Gasteiger partial charge in [-0.15, -0.1) is 0 Å². The van der Waals surface area contributed by atoms with Crippen molar-refractivity contribution in [1.29, 1.82) is 0 Å². The number of anilines is 1. The molecule has 1 aromatic carbocycles. The van der Waals surface area contributed by atoms with Crippen LogP contribution >= 0.6 is 0 Å². The van der Waals surface area contributed by atoms with E-state index in [1.165, 1.54) is 7.05 Å². The van der Waals surface area contributed by atoms with Gasteiger partial charge in [0.25, 0.3) is 0 Å². The van der Waals surface area contributed by atoms with Crippen LogP contribution in [0.4, 0.5) is 10.5 Å². The summed E-state index contributed by atoms with van der Waals surface area (Å²) >= 11 is 0. The fourth-order valence-corrected chi connectivity index (χ4v) is 1.77. The van der Waals surface area contributed by atoms with Gasteiger partial charge in [0.15, 0.2) is 0 Å². The van der Waals surface area contributed by atoms with Crippen molar-refractivity contribution >= 4 is 11.7 Å². The van der Waals surface area contributed by atoms with Gasteiger partial charge in [0.1, 0.15) is 17.5 Å². The van der Waals surface area contributed by atoms with Gasteiger partial charge in [0.05, 0.1) is 13.2 Å². The van der Waals surface area contributed by atoms with Gasteiger partial charge in [0, 0.05) is 13.5 Å². The van der Waals surface area contributed by atoms with Gasteiger partial charge in [-0.1, -0.05) is 19.6 Å². The number of benzene rings is 1. The summed E-state index contributed by atoms with van der Waals surface area (Å²) in [5.74, 6) is 6.32. The van der Waals surface area contributed by atoms with Crippen LogP contribution in [0.2, 0.25) is 0 Å². The third-order valence-corrected chi connectivity index (χ3v) is 2.74. The molecule has 106 valence electrons. The minimum absolute atomic E-state index is 0. The zero-order chi connectivity index (χ0) is 13.0. The fraction of sp³-hybridized carbons (Fsp3) is 0.462. The lowest BCUT2D eigenvalue weighted by Gasteiger charge is -2.21. The van der Waals surface area contributed by atoms with E-state index in [1.807, 2.05) is 6.07 Å². The second-order valence-corrected chi connectivity index (χ2v) is 4.00. The first kappa shape index (κ1) is 15.3. The van der Waals surface area contributed by atoms with Crippen LogP contribution in [0.15, 0.2) is 24.3 Å². The van der Waals surface area contributed by atoms with Gasteiger partial charge in [-0.2, -0.15) is 0 Å². The molecule has 1 heterocycles. The van der Waals surface area contributed by atoms with Crippen LogP contribution < -0.4 is 20.9 Å². The van der Waals surface area contributed by atoms with Crippen molar-refractivity contribution in [3.63, 3.8) is 0 Å². The van der Waals surface area contributed by atoms with Gasteiger partial charge < -0.3 is 14.8 Å². The second-order valence-electron chi connectivity index (χ2n) is 4.00. The SMILES string of the molecule is C.CNC(=O)N(N)c1ccccc1O[C@H]1CCOC1. The molecule has 1 aliphatic heterocycles. The van der Waals surface area contributed by atoms with Crippen molar-refractivity contribution in [3.8, 4) is 5.75 Å². The number of nitrogens with zero attached hydrogens (tertiary/aromatic N) is 1. The third kappa shape index (κ3) is 3.59. The van der Waals surface area contributed by atoms with Gasteiger partial charge in [-0.3, -0.25) is 0 Å². The Hall–Kier alpha value is -1.79. The van der Waals surface area contributed by atoms with Crippen molar-refractivity contribution in [3.05, 3.63) is 24.3 Å². The largest absolute Gasteiger partial charge is 0.486 e. The van der Waals surface area contributed by atoms with Crippen LogP contribution in [0.25, 0.3) is 0 Å². The number of carbonyl (C=O) groups is 1. The first-order valence-corrected chi connectivity index (χ1v) is 5.82.